The fraction of sp³-hybridized carbons (Fsp3) is 0.0870. The van der Waals surface area contributed by atoms with Crippen molar-refractivity contribution in [2.45, 2.75) is 6.61 Å². The molecule has 4 rings (SSSR count). The van der Waals surface area contributed by atoms with Crippen LogP contribution in [0.4, 0.5) is 0 Å². The summed E-state index contributed by atoms with van der Waals surface area (Å²) in [5.41, 5.74) is 2.23. The number of allylic oxidation sites excluding steroid dienone is 1. The fourth-order valence-corrected chi connectivity index (χ4v) is 3.21. The number of hydrogen-bond donors (Lipinski definition) is 0. The minimum absolute atomic E-state index is 0.187. The maximum Gasteiger partial charge on any atom is 0.231 e. The molecule has 29 heavy (non-hydrogen) atoms. The second-order valence-electron chi connectivity index (χ2n) is 6.41. The number of hydrogen-bond acceptors (Lipinski definition) is 4. The van der Waals surface area contributed by atoms with Gasteiger partial charge in [0.2, 0.25) is 5.78 Å². The first-order valence-corrected chi connectivity index (χ1v) is 9.58. The standard InChI is InChI=1S/C23H16Cl2O4/c1-27-16-5-2-14(3-6-16)13-28-17-7-8-18-21(12-17)29-22(23(18)26)11-15-4-9-19(24)20(25)10-15/h2-12H,13H2,1H3. The number of halogens is 2. The maximum absolute atomic E-state index is 12.6. The first-order chi connectivity index (χ1) is 14.0. The van der Waals surface area contributed by atoms with E-state index >= 15 is 0 Å². The molecule has 0 aromatic heterocycles. The number of ether oxygens (including phenoxy) is 3. The molecule has 0 spiro atoms. The van der Waals surface area contributed by atoms with E-state index in [1.807, 2.05) is 24.3 Å². The summed E-state index contributed by atoms with van der Waals surface area (Å²) < 4.78 is 16.7. The van der Waals surface area contributed by atoms with E-state index in [4.69, 9.17) is 37.4 Å². The van der Waals surface area contributed by atoms with Gasteiger partial charge in [0.15, 0.2) is 5.76 Å². The van der Waals surface area contributed by atoms with Gasteiger partial charge in [-0.05, 0) is 53.6 Å². The van der Waals surface area contributed by atoms with Gasteiger partial charge < -0.3 is 14.2 Å². The Morgan fingerprint density at radius 3 is 2.41 bits per heavy atom. The number of benzene rings is 3. The van der Waals surface area contributed by atoms with Crippen LogP contribution in [0, 0.1) is 0 Å². The molecule has 0 unspecified atom stereocenters. The van der Waals surface area contributed by atoms with Crippen LogP contribution in [-0.2, 0) is 6.61 Å². The molecule has 1 aliphatic rings. The summed E-state index contributed by atoms with van der Waals surface area (Å²) in [5.74, 6) is 1.91. The molecule has 0 fully saturated rings. The Balaban J connectivity index is 1.49. The SMILES string of the molecule is COc1ccc(COc2ccc3c(c2)OC(=Cc2ccc(Cl)c(Cl)c2)C3=O)cc1. The van der Waals surface area contributed by atoms with Crippen molar-refractivity contribution in [1.29, 1.82) is 0 Å². The Labute approximate surface area is 178 Å². The van der Waals surface area contributed by atoms with Crippen LogP contribution < -0.4 is 14.2 Å². The van der Waals surface area contributed by atoms with Crippen LogP contribution in [0.3, 0.4) is 0 Å². The molecule has 0 saturated carbocycles. The van der Waals surface area contributed by atoms with Crippen molar-refractivity contribution in [3.63, 3.8) is 0 Å². The van der Waals surface area contributed by atoms with Crippen molar-refractivity contribution in [2.75, 3.05) is 7.11 Å². The third-order valence-electron chi connectivity index (χ3n) is 4.45. The molecule has 146 valence electrons. The van der Waals surface area contributed by atoms with Gasteiger partial charge in [-0.15, -0.1) is 0 Å². The van der Waals surface area contributed by atoms with Crippen LogP contribution in [0.1, 0.15) is 21.5 Å². The predicted octanol–water partition coefficient (Wildman–Crippen LogP) is 6.20. The lowest BCUT2D eigenvalue weighted by Crippen LogP contribution is -1.98. The van der Waals surface area contributed by atoms with E-state index in [1.165, 1.54) is 0 Å². The summed E-state index contributed by atoms with van der Waals surface area (Å²) in [4.78, 5) is 12.6. The van der Waals surface area contributed by atoms with E-state index in [0.717, 1.165) is 16.9 Å². The zero-order chi connectivity index (χ0) is 20.4. The minimum Gasteiger partial charge on any atom is -0.497 e. The molecule has 4 nitrogen and oxygen atoms in total. The van der Waals surface area contributed by atoms with E-state index in [1.54, 1.807) is 49.6 Å². The molecule has 3 aromatic carbocycles. The molecule has 0 saturated heterocycles. The van der Waals surface area contributed by atoms with E-state index in [2.05, 4.69) is 0 Å². The van der Waals surface area contributed by atoms with E-state index < -0.39 is 0 Å². The maximum atomic E-state index is 12.6. The van der Waals surface area contributed by atoms with Gasteiger partial charge in [0, 0.05) is 6.07 Å². The van der Waals surface area contributed by atoms with Crippen LogP contribution in [0.5, 0.6) is 17.2 Å². The number of rotatable bonds is 5. The van der Waals surface area contributed by atoms with Crippen molar-refractivity contribution in [2.24, 2.45) is 0 Å². The highest BCUT2D eigenvalue weighted by Gasteiger charge is 2.27. The summed E-state index contributed by atoms with van der Waals surface area (Å²) in [7, 11) is 1.63. The average molecular weight is 427 g/mol. The quantitative estimate of drug-likeness (QED) is 0.455. The molecule has 0 atom stereocenters. The van der Waals surface area contributed by atoms with Crippen molar-refractivity contribution in [3.8, 4) is 17.2 Å². The van der Waals surface area contributed by atoms with Crippen molar-refractivity contribution < 1.29 is 19.0 Å². The lowest BCUT2D eigenvalue weighted by atomic mass is 10.1. The Kier molecular flexibility index (Phi) is 5.47. The first kappa shape index (κ1) is 19.4. The van der Waals surface area contributed by atoms with Gasteiger partial charge in [0.25, 0.3) is 0 Å². The van der Waals surface area contributed by atoms with Gasteiger partial charge >= 0.3 is 0 Å². The highest BCUT2D eigenvalue weighted by molar-refractivity contribution is 6.42. The minimum atomic E-state index is -0.187. The zero-order valence-corrected chi connectivity index (χ0v) is 17.0. The number of fused-ring (bicyclic) bond motifs is 1. The normalized spacial score (nSPS) is 13.9. The summed E-state index contributed by atoms with van der Waals surface area (Å²) in [6, 6.07) is 17.9. The molecule has 0 aliphatic carbocycles. The first-order valence-electron chi connectivity index (χ1n) is 8.82. The van der Waals surface area contributed by atoms with E-state index in [9.17, 15) is 4.79 Å². The molecular formula is C23H16Cl2O4. The van der Waals surface area contributed by atoms with Gasteiger partial charge in [0.05, 0.1) is 22.7 Å². The van der Waals surface area contributed by atoms with Crippen molar-refractivity contribution >= 4 is 35.1 Å². The summed E-state index contributed by atoms with van der Waals surface area (Å²) >= 11 is 12.0. The average Bonchev–Trinajstić information content (AvgIpc) is 3.04. The number of Topliss-reactive ketones (excluding diaryl/α,β-unsaturated/α-hetero) is 1. The summed E-state index contributed by atoms with van der Waals surface area (Å²) in [6.45, 7) is 0.392. The van der Waals surface area contributed by atoms with E-state index in [-0.39, 0.29) is 11.5 Å². The Hall–Kier alpha value is -2.95. The second kappa shape index (κ2) is 8.19. The third-order valence-corrected chi connectivity index (χ3v) is 5.19. The van der Waals surface area contributed by atoms with Crippen molar-refractivity contribution in [1.82, 2.24) is 0 Å². The predicted molar refractivity (Wildman–Crippen MR) is 113 cm³/mol. The van der Waals surface area contributed by atoms with Crippen LogP contribution in [0.15, 0.2) is 66.4 Å². The van der Waals surface area contributed by atoms with Gasteiger partial charge in [0.1, 0.15) is 23.9 Å². The van der Waals surface area contributed by atoms with Gasteiger partial charge in [-0.3, -0.25) is 4.79 Å². The van der Waals surface area contributed by atoms with Gasteiger partial charge in [-0.25, -0.2) is 0 Å². The molecule has 0 radical (unpaired) electrons. The fourth-order valence-electron chi connectivity index (χ4n) is 2.90. The summed E-state index contributed by atoms with van der Waals surface area (Å²) in [6.07, 6.45) is 1.64. The van der Waals surface area contributed by atoms with Gasteiger partial charge in [-0.1, -0.05) is 41.4 Å². The third kappa shape index (κ3) is 4.24. The lowest BCUT2D eigenvalue weighted by Gasteiger charge is -2.08. The molecule has 1 aliphatic heterocycles. The zero-order valence-electron chi connectivity index (χ0n) is 15.4. The number of carbonyl (C=O) groups excluding carboxylic acids is 1. The number of methoxy groups -OCH3 is 1. The van der Waals surface area contributed by atoms with Crippen molar-refractivity contribution in [3.05, 3.63) is 93.2 Å². The van der Waals surface area contributed by atoms with Crippen LogP contribution in [0.25, 0.3) is 6.08 Å². The van der Waals surface area contributed by atoms with Crippen LogP contribution >= 0.6 is 23.2 Å². The monoisotopic (exact) mass is 426 g/mol. The highest BCUT2D eigenvalue weighted by atomic mass is 35.5. The Morgan fingerprint density at radius 2 is 1.69 bits per heavy atom. The highest BCUT2D eigenvalue weighted by Crippen LogP contribution is 2.35. The lowest BCUT2D eigenvalue weighted by molar-refractivity contribution is 0.101. The topological polar surface area (TPSA) is 44.8 Å². The van der Waals surface area contributed by atoms with Crippen LogP contribution in [-0.4, -0.2) is 12.9 Å². The number of ketones is 1. The molecule has 0 amide bonds. The smallest absolute Gasteiger partial charge is 0.231 e. The van der Waals surface area contributed by atoms with Gasteiger partial charge in [-0.2, -0.15) is 0 Å². The molecule has 0 N–H and O–H groups in total. The Bertz CT molecular complexity index is 1100. The van der Waals surface area contributed by atoms with Crippen LogP contribution in [0.2, 0.25) is 10.0 Å². The summed E-state index contributed by atoms with van der Waals surface area (Å²) in [5, 5.41) is 0.868. The second-order valence-corrected chi connectivity index (χ2v) is 7.22. The number of carbonyl (C=O) groups is 1. The Morgan fingerprint density at radius 1 is 0.931 bits per heavy atom. The molecule has 0 bridgehead atoms. The van der Waals surface area contributed by atoms with E-state index in [0.29, 0.717) is 33.7 Å². The molecule has 1 heterocycles. The molecular weight excluding hydrogens is 411 g/mol. The molecule has 3 aromatic rings. The largest absolute Gasteiger partial charge is 0.497 e. The molecule has 6 heteroatoms.